The van der Waals surface area contributed by atoms with Crippen molar-refractivity contribution in [3.05, 3.63) is 0 Å². The van der Waals surface area contributed by atoms with Gasteiger partial charge in [-0.05, 0) is 18.9 Å². The lowest BCUT2D eigenvalue weighted by Crippen LogP contribution is -2.14. The van der Waals surface area contributed by atoms with Gasteiger partial charge in [0.05, 0.1) is 5.55 Å². The molecular weight excluding hydrogens is 108 g/mol. The Hall–Kier alpha value is -0.0200. The number of aliphatic imine (C=N–C) groups is 1. The van der Waals surface area contributed by atoms with Crippen LogP contribution in [0.5, 0.6) is 0 Å². The maximum atomic E-state index is 4.08. The SMILES string of the molecule is CC1N=CSN1C. The van der Waals surface area contributed by atoms with Crippen molar-refractivity contribution in [2.24, 2.45) is 4.99 Å². The first-order valence-electron chi connectivity index (χ1n) is 2.22. The molecule has 0 aromatic rings. The first-order valence-corrected chi connectivity index (χ1v) is 3.05. The summed E-state index contributed by atoms with van der Waals surface area (Å²) >= 11 is 1.65. The van der Waals surface area contributed by atoms with Crippen LogP contribution in [0.25, 0.3) is 0 Å². The summed E-state index contributed by atoms with van der Waals surface area (Å²) in [6.45, 7) is 2.07. The van der Waals surface area contributed by atoms with E-state index in [1.54, 1.807) is 11.9 Å². The number of hydrogen-bond acceptors (Lipinski definition) is 3. The molecule has 1 rings (SSSR count). The molecule has 7 heavy (non-hydrogen) atoms. The zero-order valence-electron chi connectivity index (χ0n) is 4.46. The van der Waals surface area contributed by atoms with Crippen molar-refractivity contribution in [1.29, 1.82) is 0 Å². The summed E-state index contributed by atoms with van der Waals surface area (Å²) < 4.78 is 2.10. The molecular formula is C4H8N2S. The maximum Gasteiger partial charge on any atom is 0.109 e. The highest BCUT2D eigenvalue weighted by atomic mass is 32.2. The molecule has 0 aliphatic carbocycles. The Morgan fingerprint density at radius 1 is 1.86 bits per heavy atom. The highest BCUT2D eigenvalue weighted by molar-refractivity contribution is 8.10. The predicted molar refractivity (Wildman–Crippen MR) is 33.3 cm³/mol. The molecule has 1 aliphatic heterocycles. The summed E-state index contributed by atoms with van der Waals surface area (Å²) in [4.78, 5) is 4.08. The van der Waals surface area contributed by atoms with Gasteiger partial charge >= 0.3 is 0 Å². The fraction of sp³-hybridized carbons (Fsp3) is 0.750. The molecule has 0 saturated heterocycles. The quantitative estimate of drug-likeness (QED) is 0.438. The van der Waals surface area contributed by atoms with Crippen LogP contribution >= 0.6 is 11.9 Å². The lowest BCUT2D eigenvalue weighted by molar-refractivity contribution is 0.467. The predicted octanol–water partition coefficient (Wildman–Crippen LogP) is 0.954. The van der Waals surface area contributed by atoms with Crippen molar-refractivity contribution in [2.45, 2.75) is 13.1 Å². The molecule has 0 saturated carbocycles. The Morgan fingerprint density at radius 3 is 2.71 bits per heavy atom. The summed E-state index contributed by atoms with van der Waals surface area (Å²) in [6, 6.07) is 0. The molecule has 1 heterocycles. The molecule has 1 atom stereocenters. The minimum Gasteiger partial charge on any atom is -0.265 e. The van der Waals surface area contributed by atoms with Gasteiger partial charge < -0.3 is 0 Å². The van der Waals surface area contributed by atoms with E-state index in [-0.39, 0.29) is 0 Å². The van der Waals surface area contributed by atoms with Gasteiger partial charge in [-0.1, -0.05) is 0 Å². The average Bonchev–Trinajstić information content (AvgIpc) is 1.91. The second-order valence-corrected chi connectivity index (χ2v) is 2.54. The van der Waals surface area contributed by atoms with Crippen LogP contribution in [0.3, 0.4) is 0 Å². The van der Waals surface area contributed by atoms with Crippen molar-refractivity contribution in [3.63, 3.8) is 0 Å². The van der Waals surface area contributed by atoms with E-state index in [9.17, 15) is 0 Å². The molecule has 0 amide bonds. The van der Waals surface area contributed by atoms with E-state index in [0.717, 1.165) is 0 Å². The molecule has 0 radical (unpaired) electrons. The Kier molecular flexibility index (Phi) is 1.35. The van der Waals surface area contributed by atoms with Gasteiger partial charge in [-0.2, -0.15) is 0 Å². The van der Waals surface area contributed by atoms with Gasteiger partial charge in [0.25, 0.3) is 0 Å². The molecule has 1 unspecified atom stereocenters. The number of nitrogens with zero attached hydrogens (tertiary/aromatic N) is 2. The topological polar surface area (TPSA) is 15.6 Å². The lowest BCUT2D eigenvalue weighted by atomic mass is 10.6. The average molecular weight is 116 g/mol. The summed E-state index contributed by atoms with van der Waals surface area (Å²) in [5.41, 5.74) is 1.87. The van der Waals surface area contributed by atoms with Gasteiger partial charge in [-0.25, -0.2) is 4.31 Å². The molecule has 3 heteroatoms. The van der Waals surface area contributed by atoms with Crippen LogP contribution < -0.4 is 0 Å². The van der Waals surface area contributed by atoms with Crippen LogP contribution in [-0.2, 0) is 0 Å². The van der Waals surface area contributed by atoms with Gasteiger partial charge in [0.1, 0.15) is 6.17 Å². The summed E-state index contributed by atoms with van der Waals surface area (Å²) in [7, 11) is 2.03. The van der Waals surface area contributed by atoms with Gasteiger partial charge in [0, 0.05) is 7.05 Å². The van der Waals surface area contributed by atoms with Crippen LogP contribution in [0.2, 0.25) is 0 Å². The normalized spacial score (nSPS) is 32.0. The maximum absolute atomic E-state index is 4.08. The minimum absolute atomic E-state index is 0.380. The number of rotatable bonds is 0. The number of hydrogen-bond donors (Lipinski definition) is 0. The minimum atomic E-state index is 0.380. The van der Waals surface area contributed by atoms with Gasteiger partial charge in [-0.15, -0.1) is 0 Å². The molecule has 0 bridgehead atoms. The molecule has 2 nitrogen and oxygen atoms in total. The first kappa shape index (κ1) is 5.12. The zero-order chi connectivity index (χ0) is 5.28. The Labute approximate surface area is 47.7 Å². The Bertz CT molecular complexity index is 91.7. The monoisotopic (exact) mass is 116 g/mol. The highest BCUT2D eigenvalue weighted by Crippen LogP contribution is 2.15. The zero-order valence-corrected chi connectivity index (χ0v) is 5.27. The van der Waals surface area contributed by atoms with E-state index in [2.05, 4.69) is 16.2 Å². The van der Waals surface area contributed by atoms with Crippen molar-refractivity contribution in [2.75, 3.05) is 7.05 Å². The Balaban J connectivity index is 2.45. The van der Waals surface area contributed by atoms with Crippen LogP contribution in [0.1, 0.15) is 6.92 Å². The largest absolute Gasteiger partial charge is 0.265 e. The van der Waals surface area contributed by atoms with Crippen LogP contribution in [-0.4, -0.2) is 23.1 Å². The third-order valence-electron chi connectivity index (χ3n) is 1.02. The van der Waals surface area contributed by atoms with Crippen molar-refractivity contribution in [1.82, 2.24) is 4.31 Å². The third-order valence-corrected chi connectivity index (χ3v) is 1.87. The smallest absolute Gasteiger partial charge is 0.109 e. The van der Waals surface area contributed by atoms with Crippen LogP contribution in [0, 0.1) is 0 Å². The van der Waals surface area contributed by atoms with E-state index >= 15 is 0 Å². The van der Waals surface area contributed by atoms with E-state index in [4.69, 9.17) is 0 Å². The van der Waals surface area contributed by atoms with Crippen LogP contribution in [0.4, 0.5) is 0 Å². The Morgan fingerprint density at radius 2 is 2.57 bits per heavy atom. The lowest BCUT2D eigenvalue weighted by Gasteiger charge is -2.08. The van der Waals surface area contributed by atoms with E-state index in [1.165, 1.54) is 0 Å². The summed E-state index contributed by atoms with van der Waals surface area (Å²) in [5, 5.41) is 0. The molecule has 0 fully saturated rings. The second kappa shape index (κ2) is 1.84. The summed E-state index contributed by atoms with van der Waals surface area (Å²) in [5.74, 6) is 0. The second-order valence-electron chi connectivity index (χ2n) is 1.54. The fourth-order valence-electron chi connectivity index (χ4n) is 0.372. The van der Waals surface area contributed by atoms with Crippen LogP contribution in [0.15, 0.2) is 4.99 Å². The molecule has 0 aromatic carbocycles. The standard InChI is InChI=1S/C4H8N2S/c1-4-5-3-7-6(4)2/h3-4H,1-2H3. The third kappa shape index (κ3) is 0.951. The van der Waals surface area contributed by atoms with E-state index in [0.29, 0.717) is 6.17 Å². The van der Waals surface area contributed by atoms with Crippen molar-refractivity contribution >= 4 is 17.5 Å². The van der Waals surface area contributed by atoms with Gasteiger partial charge in [-0.3, -0.25) is 4.99 Å². The highest BCUT2D eigenvalue weighted by Gasteiger charge is 2.09. The molecule has 1 aliphatic rings. The fourth-order valence-corrected chi connectivity index (χ4v) is 0.981. The van der Waals surface area contributed by atoms with E-state index in [1.807, 2.05) is 12.6 Å². The van der Waals surface area contributed by atoms with Gasteiger partial charge in [0.15, 0.2) is 0 Å². The van der Waals surface area contributed by atoms with Gasteiger partial charge in [0.2, 0.25) is 0 Å². The summed E-state index contributed by atoms with van der Waals surface area (Å²) in [6.07, 6.45) is 0.380. The molecule has 40 valence electrons. The van der Waals surface area contributed by atoms with Crippen molar-refractivity contribution in [3.8, 4) is 0 Å². The first-order chi connectivity index (χ1) is 3.30. The van der Waals surface area contributed by atoms with Crippen molar-refractivity contribution < 1.29 is 0 Å². The van der Waals surface area contributed by atoms with E-state index < -0.39 is 0 Å². The molecule has 0 aromatic heterocycles. The molecule has 0 spiro atoms. The molecule has 0 N–H and O–H groups in total.